The van der Waals surface area contributed by atoms with Crippen LogP contribution in [0.3, 0.4) is 0 Å². The lowest BCUT2D eigenvalue weighted by Crippen LogP contribution is -2.38. The van der Waals surface area contributed by atoms with E-state index in [4.69, 9.17) is 11.6 Å². The number of aryl methyl sites for hydroxylation is 1. The average Bonchev–Trinajstić information content (AvgIpc) is 2.84. The minimum absolute atomic E-state index is 0.633. The summed E-state index contributed by atoms with van der Waals surface area (Å²) in [4.78, 5) is 2.94. The molecule has 0 bridgehead atoms. The highest BCUT2D eigenvalue weighted by Gasteiger charge is 2.23. The first kappa shape index (κ1) is 13.4. The highest BCUT2D eigenvalue weighted by molar-refractivity contribution is 7.11. The van der Waals surface area contributed by atoms with Gasteiger partial charge in [0.15, 0.2) is 0 Å². The van der Waals surface area contributed by atoms with Crippen molar-refractivity contribution in [2.24, 2.45) is 5.92 Å². The van der Waals surface area contributed by atoms with Crippen molar-refractivity contribution < 1.29 is 0 Å². The number of nitrogens with one attached hydrogen (secondary N) is 1. The molecular formula is C14H22ClNS. The topological polar surface area (TPSA) is 12.0 Å². The first-order chi connectivity index (χ1) is 8.33. The van der Waals surface area contributed by atoms with Crippen LogP contribution >= 0.6 is 22.9 Å². The first-order valence-corrected chi connectivity index (χ1v) is 8.05. The largest absolute Gasteiger partial charge is 0.309 e. The third-order valence-corrected chi connectivity index (χ3v) is 5.34. The second-order valence-electron chi connectivity index (χ2n) is 4.91. The van der Waals surface area contributed by atoms with Gasteiger partial charge in [0.2, 0.25) is 0 Å². The molecule has 1 aromatic heterocycles. The van der Waals surface area contributed by atoms with E-state index in [1.165, 1.54) is 35.4 Å². The molecule has 2 rings (SSSR count). The summed E-state index contributed by atoms with van der Waals surface area (Å²) in [5.74, 6) is 1.48. The van der Waals surface area contributed by atoms with Gasteiger partial charge in [-0.1, -0.05) is 19.8 Å². The average molecular weight is 272 g/mol. The molecular weight excluding hydrogens is 250 g/mol. The maximum Gasteiger partial charge on any atom is 0.0302 e. The fourth-order valence-electron chi connectivity index (χ4n) is 2.60. The van der Waals surface area contributed by atoms with E-state index in [0.717, 1.165) is 18.8 Å². The Balaban J connectivity index is 1.83. The second-order valence-corrected chi connectivity index (χ2v) is 6.47. The molecule has 1 aliphatic rings. The Bertz CT molecular complexity index is 337. The van der Waals surface area contributed by atoms with Crippen LogP contribution in [0.1, 0.15) is 42.4 Å². The molecule has 17 heavy (non-hydrogen) atoms. The molecule has 1 fully saturated rings. The molecule has 1 heterocycles. The summed E-state index contributed by atoms with van der Waals surface area (Å²) in [6.07, 6.45) is 6.46. The van der Waals surface area contributed by atoms with Gasteiger partial charge < -0.3 is 5.32 Å². The van der Waals surface area contributed by atoms with Crippen LogP contribution < -0.4 is 5.32 Å². The van der Waals surface area contributed by atoms with Crippen molar-refractivity contribution in [3.63, 3.8) is 0 Å². The molecule has 0 radical (unpaired) electrons. The van der Waals surface area contributed by atoms with Crippen LogP contribution in [0.2, 0.25) is 0 Å². The molecule has 96 valence electrons. The van der Waals surface area contributed by atoms with Gasteiger partial charge in [-0.2, -0.15) is 0 Å². The van der Waals surface area contributed by atoms with Gasteiger partial charge in [-0.3, -0.25) is 0 Å². The quantitative estimate of drug-likeness (QED) is 0.792. The van der Waals surface area contributed by atoms with Crippen LogP contribution in [0.5, 0.6) is 0 Å². The number of alkyl halides is 1. The van der Waals surface area contributed by atoms with E-state index in [2.05, 4.69) is 24.4 Å². The second kappa shape index (κ2) is 6.77. The van der Waals surface area contributed by atoms with Crippen LogP contribution in [-0.4, -0.2) is 11.9 Å². The predicted molar refractivity (Wildman–Crippen MR) is 77.0 cm³/mol. The van der Waals surface area contributed by atoms with Gasteiger partial charge in [0.1, 0.15) is 0 Å². The SMILES string of the molecule is CCc1ccc(CNC2CCCCC2CCl)s1. The van der Waals surface area contributed by atoms with Gasteiger partial charge >= 0.3 is 0 Å². The van der Waals surface area contributed by atoms with Crippen molar-refractivity contribution in [3.05, 3.63) is 21.9 Å². The fourth-order valence-corrected chi connectivity index (χ4v) is 3.88. The van der Waals surface area contributed by atoms with Crippen LogP contribution in [0.25, 0.3) is 0 Å². The van der Waals surface area contributed by atoms with Gasteiger partial charge in [0.05, 0.1) is 0 Å². The van der Waals surface area contributed by atoms with E-state index in [9.17, 15) is 0 Å². The Morgan fingerprint density at radius 2 is 2.06 bits per heavy atom. The lowest BCUT2D eigenvalue weighted by molar-refractivity contribution is 0.283. The highest BCUT2D eigenvalue weighted by atomic mass is 35.5. The third-order valence-electron chi connectivity index (χ3n) is 3.71. The summed E-state index contributed by atoms with van der Waals surface area (Å²) in [7, 11) is 0. The standard InChI is InChI=1S/C14H22ClNS/c1-2-12-7-8-13(17-12)10-16-14-6-4-3-5-11(14)9-15/h7-8,11,14,16H,2-6,9-10H2,1H3. The van der Waals surface area contributed by atoms with Crippen molar-refractivity contribution in [1.82, 2.24) is 5.32 Å². The summed E-state index contributed by atoms with van der Waals surface area (Å²) in [6.45, 7) is 3.23. The lowest BCUT2D eigenvalue weighted by atomic mass is 9.86. The van der Waals surface area contributed by atoms with E-state index in [1.807, 2.05) is 11.3 Å². The zero-order valence-corrected chi connectivity index (χ0v) is 12.1. The molecule has 2 atom stereocenters. The minimum atomic E-state index is 0.633. The van der Waals surface area contributed by atoms with Crippen molar-refractivity contribution in [3.8, 4) is 0 Å². The minimum Gasteiger partial charge on any atom is -0.309 e. The maximum absolute atomic E-state index is 6.05. The first-order valence-electron chi connectivity index (χ1n) is 6.70. The van der Waals surface area contributed by atoms with Gasteiger partial charge in [-0.25, -0.2) is 0 Å². The summed E-state index contributed by atoms with van der Waals surface area (Å²) in [5.41, 5.74) is 0. The molecule has 0 amide bonds. The Labute approximate surface area is 114 Å². The number of hydrogen-bond donors (Lipinski definition) is 1. The molecule has 1 aromatic rings. The van der Waals surface area contributed by atoms with Crippen molar-refractivity contribution in [1.29, 1.82) is 0 Å². The smallest absolute Gasteiger partial charge is 0.0302 e. The highest BCUT2D eigenvalue weighted by Crippen LogP contribution is 2.26. The van der Waals surface area contributed by atoms with Crippen molar-refractivity contribution in [2.75, 3.05) is 5.88 Å². The zero-order chi connectivity index (χ0) is 12.1. The van der Waals surface area contributed by atoms with Gasteiger partial charge in [-0.05, 0) is 37.3 Å². The molecule has 2 unspecified atom stereocenters. The van der Waals surface area contributed by atoms with Crippen molar-refractivity contribution in [2.45, 2.75) is 51.6 Å². The molecule has 1 aliphatic carbocycles. The van der Waals surface area contributed by atoms with Crippen LogP contribution in [0.15, 0.2) is 12.1 Å². The molecule has 0 saturated heterocycles. The normalized spacial score (nSPS) is 25.1. The van der Waals surface area contributed by atoms with E-state index >= 15 is 0 Å². The van der Waals surface area contributed by atoms with E-state index < -0.39 is 0 Å². The van der Waals surface area contributed by atoms with Gasteiger partial charge in [0.25, 0.3) is 0 Å². The summed E-state index contributed by atoms with van der Waals surface area (Å²) in [5, 5.41) is 3.70. The number of rotatable bonds is 5. The summed E-state index contributed by atoms with van der Waals surface area (Å²) in [6, 6.07) is 5.14. The Morgan fingerprint density at radius 1 is 1.29 bits per heavy atom. The zero-order valence-electron chi connectivity index (χ0n) is 10.5. The third kappa shape index (κ3) is 3.70. The van der Waals surface area contributed by atoms with E-state index in [0.29, 0.717) is 12.0 Å². The van der Waals surface area contributed by atoms with E-state index in [1.54, 1.807) is 0 Å². The molecule has 1 saturated carbocycles. The van der Waals surface area contributed by atoms with Crippen LogP contribution in [0.4, 0.5) is 0 Å². The maximum atomic E-state index is 6.05. The predicted octanol–water partition coefficient (Wildman–Crippen LogP) is 4.20. The monoisotopic (exact) mass is 271 g/mol. The fraction of sp³-hybridized carbons (Fsp3) is 0.714. The van der Waals surface area contributed by atoms with Crippen molar-refractivity contribution >= 4 is 22.9 Å². The van der Waals surface area contributed by atoms with Crippen LogP contribution in [0, 0.1) is 5.92 Å². The molecule has 3 heteroatoms. The number of thiophene rings is 1. The summed E-state index contributed by atoms with van der Waals surface area (Å²) < 4.78 is 0. The van der Waals surface area contributed by atoms with Crippen LogP contribution in [-0.2, 0) is 13.0 Å². The van der Waals surface area contributed by atoms with Gasteiger partial charge in [-0.15, -0.1) is 22.9 Å². The number of halogens is 1. The van der Waals surface area contributed by atoms with E-state index in [-0.39, 0.29) is 0 Å². The lowest BCUT2D eigenvalue weighted by Gasteiger charge is -2.30. The molecule has 0 aromatic carbocycles. The Kier molecular flexibility index (Phi) is 5.33. The molecule has 1 nitrogen and oxygen atoms in total. The Hall–Kier alpha value is -0.0500. The molecule has 0 aliphatic heterocycles. The molecule has 1 N–H and O–H groups in total. The molecule has 0 spiro atoms. The van der Waals surface area contributed by atoms with Gasteiger partial charge in [0, 0.05) is 28.2 Å². The summed E-state index contributed by atoms with van der Waals surface area (Å²) >= 11 is 7.98. The Morgan fingerprint density at radius 3 is 2.76 bits per heavy atom. The number of hydrogen-bond acceptors (Lipinski definition) is 2.